The molecule has 0 aromatic heterocycles. The van der Waals surface area contributed by atoms with Crippen molar-refractivity contribution in [3.8, 4) is 0 Å². The van der Waals surface area contributed by atoms with Gasteiger partial charge in [0.25, 0.3) is 0 Å². The topological polar surface area (TPSA) is 17.1 Å². The molecule has 0 amide bonds. The maximum atomic E-state index is 11.8. The second kappa shape index (κ2) is 2.81. The van der Waals surface area contributed by atoms with Crippen LogP contribution in [0, 0.1) is 11.8 Å². The van der Waals surface area contributed by atoms with E-state index in [9.17, 15) is 4.79 Å². The van der Waals surface area contributed by atoms with Gasteiger partial charge >= 0.3 is 0 Å². The lowest BCUT2D eigenvalue weighted by Gasteiger charge is -2.38. The van der Waals surface area contributed by atoms with Crippen LogP contribution < -0.4 is 0 Å². The predicted molar refractivity (Wildman–Crippen MR) is 54.9 cm³/mol. The molecule has 0 aliphatic heterocycles. The maximum Gasteiger partial charge on any atom is 0.144 e. The van der Waals surface area contributed by atoms with Gasteiger partial charge in [-0.05, 0) is 12.0 Å². The first-order chi connectivity index (χ1) is 6.88. The fraction of sp³-hybridized carbons (Fsp3) is 0.308. The summed E-state index contributed by atoms with van der Waals surface area (Å²) in [6, 6.07) is 10.1. The molecule has 1 nitrogen and oxygen atoms in total. The zero-order valence-electron chi connectivity index (χ0n) is 7.89. The van der Waals surface area contributed by atoms with Crippen molar-refractivity contribution in [2.75, 3.05) is 0 Å². The fourth-order valence-corrected chi connectivity index (χ4v) is 2.67. The SMILES string of the molecule is O=C1C(c2ccccc2)[C@H]2C=CC[C@@H]12. The van der Waals surface area contributed by atoms with E-state index in [1.54, 1.807) is 0 Å². The van der Waals surface area contributed by atoms with E-state index in [0.29, 0.717) is 17.6 Å². The Morgan fingerprint density at radius 3 is 2.71 bits per heavy atom. The third-order valence-corrected chi connectivity index (χ3v) is 3.43. The molecule has 2 aliphatic rings. The van der Waals surface area contributed by atoms with Gasteiger partial charge in [-0.15, -0.1) is 0 Å². The number of hydrogen-bond donors (Lipinski definition) is 0. The van der Waals surface area contributed by atoms with Crippen molar-refractivity contribution in [2.45, 2.75) is 12.3 Å². The number of benzene rings is 1. The van der Waals surface area contributed by atoms with Crippen molar-refractivity contribution < 1.29 is 4.79 Å². The first-order valence-electron chi connectivity index (χ1n) is 5.13. The van der Waals surface area contributed by atoms with E-state index < -0.39 is 0 Å². The lowest BCUT2D eigenvalue weighted by Crippen LogP contribution is -2.42. The molecule has 0 radical (unpaired) electrons. The first kappa shape index (κ1) is 7.98. The van der Waals surface area contributed by atoms with E-state index in [4.69, 9.17) is 0 Å². The molecule has 70 valence electrons. The number of rotatable bonds is 1. The van der Waals surface area contributed by atoms with Crippen LogP contribution in [0.15, 0.2) is 42.5 Å². The molecule has 1 aromatic carbocycles. The van der Waals surface area contributed by atoms with Crippen LogP contribution in [0.3, 0.4) is 0 Å². The van der Waals surface area contributed by atoms with E-state index in [2.05, 4.69) is 24.3 Å². The molecular weight excluding hydrogens is 172 g/mol. The molecule has 1 unspecified atom stereocenters. The summed E-state index contributed by atoms with van der Waals surface area (Å²) in [5, 5.41) is 0. The van der Waals surface area contributed by atoms with Gasteiger partial charge in [0.1, 0.15) is 5.78 Å². The van der Waals surface area contributed by atoms with E-state index in [1.165, 1.54) is 5.56 Å². The second-order valence-corrected chi connectivity index (χ2v) is 4.14. The molecule has 0 saturated heterocycles. The Bertz CT molecular complexity index is 391. The van der Waals surface area contributed by atoms with Gasteiger partial charge in [-0.3, -0.25) is 4.79 Å². The summed E-state index contributed by atoms with van der Waals surface area (Å²) in [4.78, 5) is 11.8. The Kier molecular flexibility index (Phi) is 1.60. The summed E-state index contributed by atoms with van der Waals surface area (Å²) in [5.41, 5.74) is 1.19. The highest BCUT2D eigenvalue weighted by molar-refractivity contribution is 5.96. The highest BCUT2D eigenvalue weighted by Crippen LogP contribution is 2.49. The summed E-state index contributed by atoms with van der Waals surface area (Å²) in [7, 11) is 0. The van der Waals surface area contributed by atoms with Crippen molar-refractivity contribution in [2.24, 2.45) is 11.8 Å². The Labute approximate surface area is 83.4 Å². The van der Waals surface area contributed by atoms with Gasteiger partial charge in [-0.25, -0.2) is 0 Å². The van der Waals surface area contributed by atoms with Crippen LogP contribution in [0.2, 0.25) is 0 Å². The summed E-state index contributed by atoms with van der Waals surface area (Å²) >= 11 is 0. The van der Waals surface area contributed by atoms with Crippen LogP contribution in [0.4, 0.5) is 0 Å². The first-order valence-corrected chi connectivity index (χ1v) is 5.13. The van der Waals surface area contributed by atoms with Crippen LogP contribution in [0.25, 0.3) is 0 Å². The van der Waals surface area contributed by atoms with Gasteiger partial charge in [0.15, 0.2) is 0 Å². The lowest BCUT2D eigenvalue weighted by atomic mass is 9.63. The van der Waals surface area contributed by atoms with Crippen LogP contribution >= 0.6 is 0 Å². The second-order valence-electron chi connectivity index (χ2n) is 4.14. The molecule has 0 N–H and O–H groups in total. The number of hydrogen-bond acceptors (Lipinski definition) is 1. The van der Waals surface area contributed by atoms with Gasteiger partial charge in [0.2, 0.25) is 0 Å². The third kappa shape index (κ3) is 0.926. The minimum absolute atomic E-state index is 0.153. The van der Waals surface area contributed by atoms with Gasteiger partial charge in [-0.2, -0.15) is 0 Å². The van der Waals surface area contributed by atoms with E-state index >= 15 is 0 Å². The minimum atomic E-state index is 0.153. The fourth-order valence-electron chi connectivity index (χ4n) is 2.67. The molecule has 0 bridgehead atoms. The van der Waals surface area contributed by atoms with Crippen LogP contribution in [0.5, 0.6) is 0 Å². The zero-order valence-corrected chi connectivity index (χ0v) is 7.89. The quantitative estimate of drug-likeness (QED) is 0.613. The average molecular weight is 184 g/mol. The molecule has 1 aromatic rings. The zero-order chi connectivity index (χ0) is 9.54. The normalized spacial score (nSPS) is 34.0. The number of allylic oxidation sites excluding steroid dienone is 2. The van der Waals surface area contributed by atoms with Gasteiger partial charge < -0.3 is 0 Å². The number of carbonyl (C=O) groups is 1. The molecule has 2 aliphatic carbocycles. The number of carbonyl (C=O) groups excluding carboxylic acids is 1. The molecule has 1 fully saturated rings. The maximum absolute atomic E-state index is 11.8. The summed E-state index contributed by atoms with van der Waals surface area (Å²) in [5.74, 6) is 1.39. The summed E-state index contributed by atoms with van der Waals surface area (Å²) in [6.07, 6.45) is 5.33. The van der Waals surface area contributed by atoms with Gasteiger partial charge in [0, 0.05) is 17.8 Å². The number of fused-ring (bicyclic) bond motifs is 1. The largest absolute Gasteiger partial charge is 0.299 e. The summed E-state index contributed by atoms with van der Waals surface area (Å²) < 4.78 is 0. The Hall–Kier alpha value is -1.37. The van der Waals surface area contributed by atoms with E-state index in [0.717, 1.165) is 6.42 Å². The molecule has 3 rings (SSSR count). The highest BCUT2D eigenvalue weighted by atomic mass is 16.1. The van der Waals surface area contributed by atoms with E-state index in [-0.39, 0.29) is 5.92 Å². The third-order valence-electron chi connectivity index (χ3n) is 3.43. The molecular formula is C13H12O. The standard InChI is InChI=1S/C13H12O/c14-13-11-8-4-7-10(11)12(13)9-5-2-1-3-6-9/h1-7,10-12H,8H2/t10-,11+,12?/m0/s1. The molecule has 1 heteroatoms. The van der Waals surface area contributed by atoms with Crippen LogP contribution in [0.1, 0.15) is 17.9 Å². The summed E-state index contributed by atoms with van der Waals surface area (Å²) in [6.45, 7) is 0. The average Bonchev–Trinajstić information content (AvgIpc) is 2.63. The number of ketones is 1. The van der Waals surface area contributed by atoms with Crippen molar-refractivity contribution in [1.82, 2.24) is 0 Å². The van der Waals surface area contributed by atoms with Crippen molar-refractivity contribution in [3.05, 3.63) is 48.0 Å². The molecule has 0 spiro atoms. The minimum Gasteiger partial charge on any atom is -0.299 e. The van der Waals surface area contributed by atoms with Gasteiger partial charge in [-0.1, -0.05) is 42.5 Å². The van der Waals surface area contributed by atoms with Gasteiger partial charge in [0.05, 0.1) is 0 Å². The van der Waals surface area contributed by atoms with Crippen molar-refractivity contribution in [3.63, 3.8) is 0 Å². The van der Waals surface area contributed by atoms with Crippen molar-refractivity contribution in [1.29, 1.82) is 0 Å². The Morgan fingerprint density at radius 1 is 1.14 bits per heavy atom. The lowest BCUT2D eigenvalue weighted by molar-refractivity contribution is -0.134. The predicted octanol–water partition coefficient (Wildman–Crippen LogP) is 2.55. The Morgan fingerprint density at radius 2 is 1.93 bits per heavy atom. The smallest absolute Gasteiger partial charge is 0.144 e. The molecule has 0 heterocycles. The molecule has 1 saturated carbocycles. The van der Waals surface area contributed by atoms with E-state index in [1.807, 2.05) is 18.2 Å². The van der Waals surface area contributed by atoms with Crippen LogP contribution in [-0.4, -0.2) is 5.78 Å². The molecule has 14 heavy (non-hydrogen) atoms. The highest BCUT2D eigenvalue weighted by Gasteiger charge is 2.49. The van der Waals surface area contributed by atoms with Crippen molar-refractivity contribution >= 4 is 5.78 Å². The monoisotopic (exact) mass is 184 g/mol. The van der Waals surface area contributed by atoms with Crippen LogP contribution in [-0.2, 0) is 4.79 Å². The number of Topliss-reactive ketones (excluding diaryl/α,β-unsaturated/α-hetero) is 1. The molecule has 3 atom stereocenters. The Balaban J connectivity index is 1.94.